The maximum atomic E-state index is 12.1. The second kappa shape index (κ2) is 5.13. The van der Waals surface area contributed by atoms with Gasteiger partial charge in [0.15, 0.2) is 11.2 Å². The van der Waals surface area contributed by atoms with Crippen molar-refractivity contribution in [2.45, 2.75) is 26.7 Å². The van der Waals surface area contributed by atoms with E-state index in [4.69, 9.17) is 4.74 Å². The third-order valence-electron chi connectivity index (χ3n) is 3.84. The fourth-order valence-corrected chi connectivity index (χ4v) is 2.40. The van der Waals surface area contributed by atoms with Crippen molar-refractivity contribution in [2.75, 3.05) is 13.2 Å². The zero-order valence-corrected chi connectivity index (χ0v) is 11.2. The molecule has 2 rings (SSSR count). The van der Waals surface area contributed by atoms with Gasteiger partial charge in [0.1, 0.15) is 0 Å². The van der Waals surface area contributed by atoms with E-state index in [-0.39, 0.29) is 25.2 Å². The Balaban J connectivity index is 2.33. The first-order valence-electron chi connectivity index (χ1n) is 6.36. The molecule has 0 aromatic heterocycles. The Bertz CT molecular complexity index is 521. The Kier molecular flexibility index (Phi) is 3.71. The number of carboxylic acids is 1. The SMILES string of the molecule is Cc1ccc(CC2(C(=O)O)COCCC2=O)cc1C. The van der Waals surface area contributed by atoms with Gasteiger partial charge in [-0.2, -0.15) is 0 Å². The maximum absolute atomic E-state index is 12.1. The molecule has 0 bridgehead atoms. The number of aryl methyl sites for hydroxylation is 2. The first kappa shape index (κ1) is 13.7. The van der Waals surface area contributed by atoms with Crippen LogP contribution in [-0.2, 0) is 20.7 Å². The third-order valence-corrected chi connectivity index (χ3v) is 3.84. The zero-order chi connectivity index (χ0) is 14.0. The molecule has 0 aliphatic carbocycles. The van der Waals surface area contributed by atoms with Crippen molar-refractivity contribution in [3.05, 3.63) is 34.9 Å². The Hall–Kier alpha value is -1.68. The van der Waals surface area contributed by atoms with Crippen LogP contribution in [0.15, 0.2) is 18.2 Å². The number of hydrogen-bond acceptors (Lipinski definition) is 3. The summed E-state index contributed by atoms with van der Waals surface area (Å²) in [7, 11) is 0. The van der Waals surface area contributed by atoms with E-state index in [1.807, 2.05) is 32.0 Å². The molecule has 0 amide bonds. The molecule has 1 heterocycles. The highest BCUT2D eigenvalue weighted by molar-refractivity contribution is 6.04. The number of carbonyl (C=O) groups excluding carboxylic acids is 1. The highest BCUT2D eigenvalue weighted by Crippen LogP contribution is 2.30. The fourth-order valence-electron chi connectivity index (χ4n) is 2.40. The maximum Gasteiger partial charge on any atom is 0.319 e. The summed E-state index contributed by atoms with van der Waals surface area (Å²) in [5.41, 5.74) is 1.70. The molecule has 1 N–H and O–H groups in total. The Morgan fingerprint density at radius 2 is 2.11 bits per heavy atom. The van der Waals surface area contributed by atoms with Gasteiger partial charge in [-0.3, -0.25) is 9.59 Å². The van der Waals surface area contributed by atoms with Crippen LogP contribution in [0, 0.1) is 19.3 Å². The largest absolute Gasteiger partial charge is 0.480 e. The molecule has 1 aromatic carbocycles. The third kappa shape index (κ3) is 2.54. The summed E-state index contributed by atoms with van der Waals surface area (Å²) in [6, 6.07) is 5.78. The van der Waals surface area contributed by atoms with Gasteiger partial charge in [0, 0.05) is 6.42 Å². The van der Waals surface area contributed by atoms with Crippen LogP contribution in [0.2, 0.25) is 0 Å². The minimum absolute atomic E-state index is 0.0336. The Morgan fingerprint density at radius 3 is 2.68 bits per heavy atom. The van der Waals surface area contributed by atoms with Crippen molar-refractivity contribution in [1.82, 2.24) is 0 Å². The molecule has 1 aliphatic heterocycles. The van der Waals surface area contributed by atoms with Crippen LogP contribution in [0.5, 0.6) is 0 Å². The molecule has 4 nitrogen and oxygen atoms in total. The van der Waals surface area contributed by atoms with Gasteiger partial charge in [-0.1, -0.05) is 18.2 Å². The lowest BCUT2D eigenvalue weighted by Crippen LogP contribution is -2.48. The summed E-state index contributed by atoms with van der Waals surface area (Å²) in [6.45, 7) is 4.27. The van der Waals surface area contributed by atoms with Crippen molar-refractivity contribution in [3.63, 3.8) is 0 Å². The molecule has 1 aromatic rings. The predicted octanol–water partition coefficient (Wildman–Crippen LogP) is 1.91. The van der Waals surface area contributed by atoms with Gasteiger partial charge in [-0.15, -0.1) is 0 Å². The molecule has 1 fully saturated rings. The molecule has 0 saturated carbocycles. The molecule has 0 spiro atoms. The molecular formula is C15H18O4. The monoisotopic (exact) mass is 262 g/mol. The number of rotatable bonds is 3. The second-order valence-corrected chi connectivity index (χ2v) is 5.21. The van der Waals surface area contributed by atoms with Crippen LogP contribution in [0.25, 0.3) is 0 Å². The van der Waals surface area contributed by atoms with E-state index in [0.717, 1.165) is 16.7 Å². The van der Waals surface area contributed by atoms with Gasteiger partial charge >= 0.3 is 5.97 Å². The summed E-state index contributed by atoms with van der Waals surface area (Å²) in [5.74, 6) is -1.32. The molecule has 19 heavy (non-hydrogen) atoms. The van der Waals surface area contributed by atoms with Crippen LogP contribution in [0.4, 0.5) is 0 Å². The van der Waals surface area contributed by atoms with Crippen LogP contribution in [0.3, 0.4) is 0 Å². The van der Waals surface area contributed by atoms with Crippen molar-refractivity contribution < 1.29 is 19.4 Å². The molecule has 102 valence electrons. The van der Waals surface area contributed by atoms with E-state index in [1.54, 1.807) is 0 Å². The van der Waals surface area contributed by atoms with E-state index in [0.29, 0.717) is 6.61 Å². The molecular weight excluding hydrogens is 244 g/mol. The van der Waals surface area contributed by atoms with Crippen molar-refractivity contribution in [2.24, 2.45) is 5.41 Å². The van der Waals surface area contributed by atoms with E-state index in [2.05, 4.69) is 0 Å². The van der Waals surface area contributed by atoms with Gasteiger partial charge in [0.05, 0.1) is 13.2 Å². The van der Waals surface area contributed by atoms with E-state index in [1.165, 1.54) is 0 Å². The summed E-state index contributed by atoms with van der Waals surface area (Å²) in [4.78, 5) is 23.6. The lowest BCUT2D eigenvalue weighted by molar-refractivity contribution is -0.164. The number of carboxylic acid groups (broad SMARTS) is 1. The lowest BCUT2D eigenvalue weighted by atomic mass is 9.76. The minimum Gasteiger partial charge on any atom is -0.480 e. The molecule has 0 radical (unpaired) electrons. The van der Waals surface area contributed by atoms with Crippen molar-refractivity contribution >= 4 is 11.8 Å². The number of ether oxygens (including phenoxy) is 1. The summed E-state index contributed by atoms with van der Waals surface area (Å²) < 4.78 is 5.24. The van der Waals surface area contributed by atoms with E-state index >= 15 is 0 Å². The van der Waals surface area contributed by atoms with Gasteiger partial charge in [-0.05, 0) is 37.0 Å². The van der Waals surface area contributed by atoms with Gasteiger partial charge in [0.25, 0.3) is 0 Å². The average molecular weight is 262 g/mol. The van der Waals surface area contributed by atoms with Gasteiger partial charge in [-0.25, -0.2) is 0 Å². The number of carbonyl (C=O) groups is 2. The number of ketones is 1. The fraction of sp³-hybridized carbons (Fsp3) is 0.467. The van der Waals surface area contributed by atoms with Gasteiger partial charge < -0.3 is 9.84 Å². The normalized spacial score (nSPS) is 23.4. The molecule has 1 atom stereocenters. The molecule has 4 heteroatoms. The van der Waals surface area contributed by atoms with Crippen LogP contribution >= 0.6 is 0 Å². The number of benzene rings is 1. The Morgan fingerprint density at radius 1 is 1.37 bits per heavy atom. The number of Topliss-reactive ketones (excluding diaryl/α,β-unsaturated/α-hetero) is 1. The smallest absolute Gasteiger partial charge is 0.319 e. The zero-order valence-electron chi connectivity index (χ0n) is 11.2. The van der Waals surface area contributed by atoms with Crippen molar-refractivity contribution in [1.29, 1.82) is 0 Å². The Labute approximate surface area is 112 Å². The standard InChI is InChI=1S/C15H18O4/c1-10-3-4-12(7-11(10)2)8-15(14(17)18)9-19-6-5-13(15)16/h3-4,7H,5-6,8-9H2,1-2H3,(H,17,18). The average Bonchev–Trinajstić information content (AvgIpc) is 2.36. The quantitative estimate of drug-likeness (QED) is 0.845. The number of hydrogen-bond donors (Lipinski definition) is 1. The highest BCUT2D eigenvalue weighted by Gasteiger charge is 2.47. The summed E-state index contributed by atoms with van der Waals surface area (Å²) in [5, 5.41) is 9.44. The molecule has 1 aliphatic rings. The first-order valence-corrected chi connectivity index (χ1v) is 6.36. The number of aliphatic carboxylic acids is 1. The van der Waals surface area contributed by atoms with Crippen LogP contribution in [-0.4, -0.2) is 30.1 Å². The molecule has 1 unspecified atom stereocenters. The van der Waals surface area contributed by atoms with E-state index < -0.39 is 11.4 Å². The first-order chi connectivity index (χ1) is 8.95. The van der Waals surface area contributed by atoms with E-state index in [9.17, 15) is 14.7 Å². The topological polar surface area (TPSA) is 63.6 Å². The highest BCUT2D eigenvalue weighted by atomic mass is 16.5. The summed E-state index contributed by atoms with van der Waals surface area (Å²) in [6.07, 6.45) is 0.374. The lowest BCUT2D eigenvalue weighted by Gasteiger charge is -2.31. The molecule has 1 saturated heterocycles. The minimum atomic E-state index is -1.42. The predicted molar refractivity (Wildman–Crippen MR) is 70.1 cm³/mol. The van der Waals surface area contributed by atoms with Crippen LogP contribution in [0.1, 0.15) is 23.1 Å². The van der Waals surface area contributed by atoms with Crippen molar-refractivity contribution in [3.8, 4) is 0 Å². The summed E-state index contributed by atoms with van der Waals surface area (Å²) >= 11 is 0. The second-order valence-electron chi connectivity index (χ2n) is 5.21. The van der Waals surface area contributed by atoms with Gasteiger partial charge in [0.2, 0.25) is 0 Å². The van der Waals surface area contributed by atoms with Crippen LogP contribution < -0.4 is 0 Å².